The van der Waals surface area contributed by atoms with Crippen LogP contribution in [0.3, 0.4) is 0 Å². The molecule has 3 amide bonds. The molecule has 0 spiro atoms. The number of halogens is 1. The molecule has 2 saturated heterocycles. The van der Waals surface area contributed by atoms with Gasteiger partial charge in [0.25, 0.3) is 5.91 Å². The van der Waals surface area contributed by atoms with Gasteiger partial charge in [0.05, 0.1) is 6.04 Å². The fourth-order valence-corrected chi connectivity index (χ4v) is 3.94. The molecule has 0 bridgehead atoms. The van der Waals surface area contributed by atoms with Crippen molar-refractivity contribution < 1.29 is 9.59 Å². The predicted octanol–water partition coefficient (Wildman–Crippen LogP) is 3.05. The lowest BCUT2D eigenvalue weighted by Crippen LogP contribution is -2.48. The second kappa shape index (κ2) is 8.20. The molecule has 0 radical (unpaired) electrons. The first-order valence-electron chi connectivity index (χ1n) is 9.55. The summed E-state index contributed by atoms with van der Waals surface area (Å²) in [5, 5.41) is 6.99. The molecule has 146 valence electrons. The van der Waals surface area contributed by atoms with Crippen molar-refractivity contribution in [1.82, 2.24) is 15.5 Å². The topological polar surface area (TPSA) is 64.7 Å². The van der Waals surface area contributed by atoms with E-state index in [1.807, 2.05) is 53.4 Å². The molecule has 2 heterocycles. The minimum atomic E-state index is -0.112. The van der Waals surface area contributed by atoms with E-state index in [4.69, 9.17) is 11.6 Å². The Bertz CT molecular complexity index is 888. The maximum atomic E-state index is 13.1. The summed E-state index contributed by atoms with van der Waals surface area (Å²) in [7, 11) is 0. The fraction of sp³-hybridized carbons (Fsp3) is 0.333. The average Bonchev–Trinajstić information content (AvgIpc) is 2.74. The highest BCUT2D eigenvalue weighted by Crippen LogP contribution is 2.23. The maximum Gasteiger partial charge on any atom is 0.321 e. The van der Waals surface area contributed by atoms with Gasteiger partial charge in [-0.05, 0) is 42.3 Å². The monoisotopic (exact) mass is 398 g/mol. The highest BCUT2D eigenvalue weighted by molar-refractivity contribution is 6.30. The Morgan fingerprint density at radius 3 is 2.75 bits per heavy atom. The molecule has 0 saturated carbocycles. The SMILES string of the molecule is O=C(c1cccc(N2CCCNC2=O)c1)N1CCNC(c2cccc(Cl)c2)C1. The van der Waals surface area contributed by atoms with E-state index in [2.05, 4.69) is 10.6 Å². The predicted molar refractivity (Wildman–Crippen MR) is 110 cm³/mol. The number of urea groups is 1. The summed E-state index contributed by atoms with van der Waals surface area (Å²) in [6.45, 7) is 3.29. The highest BCUT2D eigenvalue weighted by Gasteiger charge is 2.26. The van der Waals surface area contributed by atoms with Gasteiger partial charge in [-0.2, -0.15) is 0 Å². The molecular formula is C21H23ClN4O2. The smallest absolute Gasteiger partial charge is 0.321 e. The molecule has 7 heteroatoms. The van der Waals surface area contributed by atoms with E-state index < -0.39 is 0 Å². The van der Waals surface area contributed by atoms with Crippen LogP contribution in [-0.4, -0.2) is 49.6 Å². The molecular weight excluding hydrogens is 376 g/mol. The van der Waals surface area contributed by atoms with Crippen molar-refractivity contribution in [2.24, 2.45) is 0 Å². The van der Waals surface area contributed by atoms with Gasteiger partial charge in [0.1, 0.15) is 0 Å². The second-order valence-electron chi connectivity index (χ2n) is 7.10. The van der Waals surface area contributed by atoms with Crippen LogP contribution in [0.25, 0.3) is 0 Å². The fourth-order valence-electron chi connectivity index (χ4n) is 3.75. The summed E-state index contributed by atoms with van der Waals surface area (Å²) >= 11 is 6.12. The van der Waals surface area contributed by atoms with Crippen LogP contribution in [0.1, 0.15) is 28.4 Å². The van der Waals surface area contributed by atoms with Crippen LogP contribution in [0.2, 0.25) is 5.02 Å². The summed E-state index contributed by atoms with van der Waals surface area (Å²) in [5.41, 5.74) is 2.43. The Hall–Kier alpha value is -2.57. The number of nitrogens with one attached hydrogen (secondary N) is 2. The number of carbonyl (C=O) groups excluding carboxylic acids is 2. The summed E-state index contributed by atoms with van der Waals surface area (Å²) in [4.78, 5) is 28.8. The molecule has 4 rings (SSSR count). The number of carbonyl (C=O) groups is 2. The van der Waals surface area contributed by atoms with Gasteiger partial charge in [-0.3, -0.25) is 9.69 Å². The largest absolute Gasteiger partial charge is 0.338 e. The van der Waals surface area contributed by atoms with Crippen molar-refractivity contribution in [3.8, 4) is 0 Å². The molecule has 0 aromatic heterocycles. The normalized spacial score (nSPS) is 20.0. The zero-order valence-electron chi connectivity index (χ0n) is 15.5. The minimum absolute atomic E-state index is 0.0206. The van der Waals surface area contributed by atoms with Crippen molar-refractivity contribution in [2.45, 2.75) is 12.5 Å². The summed E-state index contributed by atoms with van der Waals surface area (Å²) in [6, 6.07) is 15.0. The average molecular weight is 399 g/mol. The molecule has 2 fully saturated rings. The zero-order valence-corrected chi connectivity index (χ0v) is 16.3. The molecule has 2 aromatic carbocycles. The lowest BCUT2D eigenvalue weighted by atomic mass is 10.0. The first-order valence-corrected chi connectivity index (χ1v) is 9.93. The van der Waals surface area contributed by atoms with E-state index in [1.54, 1.807) is 4.90 Å². The summed E-state index contributed by atoms with van der Waals surface area (Å²) in [5.74, 6) is -0.0206. The summed E-state index contributed by atoms with van der Waals surface area (Å²) < 4.78 is 0. The lowest BCUT2D eigenvalue weighted by Gasteiger charge is -2.34. The Morgan fingerprint density at radius 2 is 1.93 bits per heavy atom. The standard InChI is InChI=1S/C21H23ClN4O2/c22-17-6-1-4-15(12-17)19-14-25(11-9-23-19)20(27)16-5-2-7-18(13-16)26-10-3-8-24-21(26)28/h1-2,4-7,12-13,19,23H,3,8-11,14H2,(H,24,28). The van der Waals surface area contributed by atoms with Crippen molar-refractivity contribution in [2.75, 3.05) is 37.6 Å². The van der Waals surface area contributed by atoms with Gasteiger partial charge in [0.2, 0.25) is 0 Å². The molecule has 28 heavy (non-hydrogen) atoms. The van der Waals surface area contributed by atoms with E-state index in [0.717, 1.165) is 24.2 Å². The van der Waals surface area contributed by atoms with Crippen LogP contribution in [0, 0.1) is 0 Å². The van der Waals surface area contributed by atoms with Gasteiger partial charge >= 0.3 is 6.03 Å². The molecule has 2 aromatic rings. The van der Waals surface area contributed by atoms with Gasteiger partial charge in [-0.15, -0.1) is 0 Å². The van der Waals surface area contributed by atoms with Crippen LogP contribution in [-0.2, 0) is 0 Å². The van der Waals surface area contributed by atoms with Crippen LogP contribution >= 0.6 is 11.6 Å². The van der Waals surface area contributed by atoms with E-state index in [9.17, 15) is 9.59 Å². The van der Waals surface area contributed by atoms with Crippen molar-refractivity contribution in [3.05, 3.63) is 64.7 Å². The van der Waals surface area contributed by atoms with Crippen LogP contribution < -0.4 is 15.5 Å². The van der Waals surface area contributed by atoms with Crippen LogP contribution in [0.15, 0.2) is 48.5 Å². The van der Waals surface area contributed by atoms with E-state index >= 15 is 0 Å². The number of rotatable bonds is 3. The molecule has 2 aliphatic heterocycles. The Morgan fingerprint density at radius 1 is 1.07 bits per heavy atom. The van der Waals surface area contributed by atoms with Crippen LogP contribution in [0.4, 0.5) is 10.5 Å². The van der Waals surface area contributed by atoms with Gasteiger partial charge in [-0.25, -0.2) is 4.79 Å². The number of anilines is 1. The molecule has 6 nitrogen and oxygen atoms in total. The number of piperazine rings is 1. The molecule has 0 aliphatic carbocycles. The number of nitrogens with zero attached hydrogens (tertiary/aromatic N) is 2. The van der Waals surface area contributed by atoms with E-state index in [-0.39, 0.29) is 18.0 Å². The molecule has 1 unspecified atom stereocenters. The third-order valence-electron chi connectivity index (χ3n) is 5.20. The summed E-state index contributed by atoms with van der Waals surface area (Å²) in [6.07, 6.45) is 0.892. The second-order valence-corrected chi connectivity index (χ2v) is 7.54. The quantitative estimate of drug-likeness (QED) is 0.835. The molecule has 1 atom stereocenters. The molecule has 2 N–H and O–H groups in total. The Balaban J connectivity index is 1.51. The molecule has 2 aliphatic rings. The first kappa shape index (κ1) is 18.8. The van der Waals surface area contributed by atoms with Gasteiger partial charge < -0.3 is 15.5 Å². The Labute approximate surface area is 169 Å². The number of hydrogen-bond donors (Lipinski definition) is 2. The number of benzene rings is 2. The minimum Gasteiger partial charge on any atom is -0.338 e. The van der Waals surface area contributed by atoms with Gasteiger partial charge in [0.15, 0.2) is 0 Å². The number of hydrogen-bond acceptors (Lipinski definition) is 3. The van der Waals surface area contributed by atoms with Crippen molar-refractivity contribution in [1.29, 1.82) is 0 Å². The first-order chi connectivity index (χ1) is 13.6. The third-order valence-corrected chi connectivity index (χ3v) is 5.43. The maximum absolute atomic E-state index is 13.1. The zero-order chi connectivity index (χ0) is 19.5. The van der Waals surface area contributed by atoms with Gasteiger partial charge in [0, 0.05) is 49.0 Å². The van der Waals surface area contributed by atoms with Gasteiger partial charge in [-0.1, -0.05) is 29.8 Å². The lowest BCUT2D eigenvalue weighted by molar-refractivity contribution is 0.0703. The number of amides is 3. The van der Waals surface area contributed by atoms with E-state index in [0.29, 0.717) is 36.8 Å². The van der Waals surface area contributed by atoms with E-state index in [1.165, 1.54) is 0 Å². The highest BCUT2D eigenvalue weighted by atomic mass is 35.5. The van der Waals surface area contributed by atoms with Crippen molar-refractivity contribution in [3.63, 3.8) is 0 Å². The van der Waals surface area contributed by atoms with Crippen molar-refractivity contribution >= 4 is 29.2 Å². The van der Waals surface area contributed by atoms with Crippen LogP contribution in [0.5, 0.6) is 0 Å². The third kappa shape index (κ3) is 3.98. The Kier molecular flexibility index (Phi) is 5.50.